The maximum absolute atomic E-state index is 14.6. The van der Waals surface area contributed by atoms with Gasteiger partial charge in [-0.15, -0.1) is 0 Å². The van der Waals surface area contributed by atoms with Gasteiger partial charge in [0.2, 0.25) is 11.8 Å². The van der Waals surface area contributed by atoms with E-state index >= 15 is 0 Å². The Labute approximate surface area is 275 Å². The standard InChI is InChI=1S/C36H40BrN3O4S/c1-3-5-24-38-36(42)34(25-28-14-8-6-9-15-28)39(26-29-20-22-31(37)23-21-29)35(41)27-40(33-19-13-12-16-30(33)4-2)45(43,44)32-17-10-7-11-18-32/h6-23,34H,3-5,24-27H2,1-2H3,(H,38,42)/t34-/m1/s1. The van der Waals surface area contributed by atoms with Gasteiger partial charge in [0.05, 0.1) is 10.6 Å². The number of sulfonamides is 1. The number of unbranched alkanes of at least 4 members (excludes halogenated alkanes) is 1. The van der Waals surface area contributed by atoms with Gasteiger partial charge in [-0.2, -0.15) is 0 Å². The average Bonchev–Trinajstić information content (AvgIpc) is 3.06. The van der Waals surface area contributed by atoms with Crippen LogP contribution in [-0.2, 0) is 39.0 Å². The number of benzene rings is 4. The van der Waals surface area contributed by atoms with Gasteiger partial charge < -0.3 is 10.2 Å². The first-order chi connectivity index (χ1) is 21.7. The predicted octanol–water partition coefficient (Wildman–Crippen LogP) is 6.76. The largest absolute Gasteiger partial charge is 0.354 e. The molecule has 0 spiro atoms. The van der Waals surface area contributed by atoms with Crippen molar-refractivity contribution in [3.63, 3.8) is 0 Å². The Morgan fingerprint density at radius 1 is 0.800 bits per heavy atom. The third-order valence-corrected chi connectivity index (χ3v) is 9.92. The van der Waals surface area contributed by atoms with E-state index in [1.807, 2.05) is 80.6 Å². The number of aryl methyl sites for hydroxylation is 1. The van der Waals surface area contributed by atoms with E-state index in [2.05, 4.69) is 21.2 Å². The van der Waals surface area contributed by atoms with Crippen molar-refractivity contribution in [1.29, 1.82) is 0 Å². The summed E-state index contributed by atoms with van der Waals surface area (Å²) in [7, 11) is -4.14. The molecule has 0 fully saturated rings. The SMILES string of the molecule is CCCCNC(=O)[C@@H](Cc1ccccc1)N(Cc1ccc(Br)cc1)C(=O)CN(c1ccccc1CC)S(=O)(=O)c1ccccc1. The van der Waals surface area contributed by atoms with Crippen molar-refractivity contribution < 1.29 is 18.0 Å². The van der Waals surface area contributed by atoms with Crippen molar-refractivity contribution in [3.05, 3.63) is 130 Å². The number of hydrogen-bond acceptors (Lipinski definition) is 4. The van der Waals surface area contributed by atoms with Crippen LogP contribution in [0.5, 0.6) is 0 Å². The zero-order valence-corrected chi connectivity index (χ0v) is 28.1. The summed E-state index contributed by atoms with van der Waals surface area (Å²) in [6, 6.07) is 31.6. The van der Waals surface area contributed by atoms with E-state index in [1.54, 1.807) is 30.3 Å². The van der Waals surface area contributed by atoms with Gasteiger partial charge in [-0.25, -0.2) is 8.42 Å². The highest BCUT2D eigenvalue weighted by atomic mass is 79.9. The zero-order valence-electron chi connectivity index (χ0n) is 25.7. The molecule has 0 saturated carbocycles. The topological polar surface area (TPSA) is 86.8 Å². The summed E-state index contributed by atoms with van der Waals surface area (Å²) in [5, 5.41) is 3.02. The van der Waals surface area contributed by atoms with E-state index in [9.17, 15) is 18.0 Å². The minimum absolute atomic E-state index is 0.0845. The van der Waals surface area contributed by atoms with Crippen LogP contribution >= 0.6 is 15.9 Å². The van der Waals surface area contributed by atoms with Crippen molar-refractivity contribution in [3.8, 4) is 0 Å². The molecule has 1 atom stereocenters. The summed E-state index contributed by atoms with van der Waals surface area (Å²) < 4.78 is 30.5. The molecule has 0 aromatic heterocycles. The Morgan fingerprint density at radius 2 is 1.42 bits per heavy atom. The Bertz CT molecular complexity index is 1650. The summed E-state index contributed by atoms with van der Waals surface area (Å²) in [5.41, 5.74) is 2.94. The van der Waals surface area contributed by atoms with Gasteiger partial charge in [-0.05, 0) is 59.9 Å². The summed E-state index contributed by atoms with van der Waals surface area (Å²) in [5.74, 6) is -0.751. The van der Waals surface area contributed by atoms with Crippen LogP contribution in [0.25, 0.3) is 0 Å². The van der Waals surface area contributed by atoms with E-state index in [0.29, 0.717) is 18.7 Å². The van der Waals surface area contributed by atoms with Crippen LogP contribution in [0.4, 0.5) is 5.69 Å². The maximum Gasteiger partial charge on any atom is 0.264 e. The van der Waals surface area contributed by atoms with Gasteiger partial charge in [0.15, 0.2) is 0 Å². The van der Waals surface area contributed by atoms with Crippen LogP contribution in [0, 0.1) is 0 Å². The quantitative estimate of drug-likeness (QED) is 0.140. The van der Waals surface area contributed by atoms with Crippen molar-refractivity contribution in [1.82, 2.24) is 10.2 Å². The Balaban J connectivity index is 1.80. The Hall–Kier alpha value is -3.95. The lowest BCUT2D eigenvalue weighted by Gasteiger charge is -2.34. The fourth-order valence-electron chi connectivity index (χ4n) is 5.13. The van der Waals surface area contributed by atoms with E-state index in [1.165, 1.54) is 21.3 Å². The minimum atomic E-state index is -4.14. The van der Waals surface area contributed by atoms with E-state index in [-0.39, 0.29) is 23.8 Å². The zero-order chi connectivity index (χ0) is 32.2. The second-order valence-electron chi connectivity index (χ2n) is 10.8. The fourth-order valence-corrected chi connectivity index (χ4v) is 6.87. The summed E-state index contributed by atoms with van der Waals surface area (Å²) in [6.45, 7) is 4.13. The third kappa shape index (κ3) is 9.05. The first-order valence-corrected chi connectivity index (χ1v) is 17.5. The van der Waals surface area contributed by atoms with Crippen LogP contribution < -0.4 is 9.62 Å². The monoisotopic (exact) mass is 689 g/mol. The number of carbonyl (C=O) groups is 2. The highest BCUT2D eigenvalue weighted by Gasteiger charge is 2.35. The van der Waals surface area contributed by atoms with E-state index < -0.39 is 28.5 Å². The first kappa shape index (κ1) is 33.9. The number of hydrogen-bond donors (Lipinski definition) is 1. The predicted molar refractivity (Wildman–Crippen MR) is 183 cm³/mol. The minimum Gasteiger partial charge on any atom is -0.354 e. The summed E-state index contributed by atoms with van der Waals surface area (Å²) >= 11 is 3.47. The van der Waals surface area contributed by atoms with Crippen LogP contribution in [0.15, 0.2) is 119 Å². The van der Waals surface area contributed by atoms with Crippen LogP contribution in [0.3, 0.4) is 0 Å². The first-order valence-electron chi connectivity index (χ1n) is 15.3. The number of nitrogens with zero attached hydrogens (tertiary/aromatic N) is 2. The Kier molecular flexibility index (Phi) is 12.4. The van der Waals surface area contributed by atoms with Crippen LogP contribution in [-0.4, -0.2) is 44.3 Å². The van der Waals surface area contributed by atoms with Crippen LogP contribution in [0.1, 0.15) is 43.4 Å². The lowest BCUT2D eigenvalue weighted by atomic mass is 10.0. The summed E-state index contributed by atoms with van der Waals surface area (Å²) in [4.78, 5) is 30.0. The Morgan fingerprint density at radius 3 is 2.07 bits per heavy atom. The number of rotatable bonds is 15. The molecular weight excluding hydrogens is 650 g/mol. The molecule has 2 amide bonds. The average molecular weight is 691 g/mol. The van der Waals surface area contributed by atoms with Gasteiger partial charge in [0.25, 0.3) is 10.0 Å². The number of anilines is 1. The number of carbonyl (C=O) groups excluding carboxylic acids is 2. The summed E-state index contributed by atoms with van der Waals surface area (Å²) in [6.07, 6.45) is 2.57. The van der Waals surface area contributed by atoms with Gasteiger partial charge in [0, 0.05) is 24.0 Å². The molecular formula is C36H40BrN3O4S. The van der Waals surface area contributed by atoms with Gasteiger partial charge in [-0.3, -0.25) is 13.9 Å². The lowest BCUT2D eigenvalue weighted by molar-refractivity contribution is -0.140. The molecule has 1 N–H and O–H groups in total. The van der Waals surface area contributed by atoms with Crippen molar-refractivity contribution >= 4 is 43.5 Å². The molecule has 0 bridgehead atoms. The second kappa shape index (κ2) is 16.4. The number of nitrogens with one attached hydrogen (secondary N) is 1. The number of para-hydroxylation sites is 1. The van der Waals surface area contributed by atoms with Crippen molar-refractivity contribution in [2.75, 3.05) is 17.4 Å². The molecule has 0 aliphatic heterocycles. The molecule has 0 radical (unpaired) electrons. The van der Waals surface area contributed by atoms with Crippen molar-refractivity contribution in [2.45, 2.75) is 57.0 Å². The van der Waals surface area contributed by atoms with E-state index in [4.69, 9.17) is 0 Å². The molecule has 236 valence electrons. The maximum atomic E-state index is 14.6. The molecule has 0 aliphatic rings. The van der Waals surface area contributed by atoms with Crippen LogP contribution in [0.2, 0.25) is 0 Å². The lowest BCUT2D eigenvalue weighted by Crippen LogP contribution is -2.53. The van der Waals surface area contributed by atoms with E-state index in [0.717, 1.165) is 34.0 Å². The van der Waals surface area contributed by atoms with Gasteiger partial charge >= 0.3 is 0 Å². The molecule has 0 unspecified atom stereocenters. The molecule has 0 aliphatic carbocycles. The number of amides is 2. The highest BCUT2D eigenvalue weighted by Crippen LogP contribution is 2.28. The van der Waals surface area contributed by atoms with Gasteiger partial charge in [-0.1, -0.05) is 115 Å². The van der Waals surface area contributed by atoms with Crippen molar-refractivity contribution in [2.24, 2.45) is 0 Å². The molecule has 4 aromatic rings. The molecule has 7 nitrogen and oxygen atoms in total. The molecule has 0 saturated heterocycles. The molecule has 9 heteroatoms. The normalized spacial score (nSPS) is 11.9. The smallest absolute Gasteiger partial charge is 0.264 e. The fraction of sp³-hybridized carbons (Fsp3) is 0.278. The highest BCUT2D eigenvalue weighted by molar-refractivity contribution is 9.10. The second-order valence-corrected chi connectivity index (χ2v) is 13.6. The van der Waals surface area contributed by atoms with Gasteiger partial charge in [0.1, 0.15) is 12.6 Å². The molecule has 4 rings (SSSR count). The molecule has 0 heterocycles. The molecule has 45 heavy (non-hydrogen) atoms. The molecule has 4 aromatic carbocycles. The third-order valence-electron chi connectivity index (χ3n) is 7.62. The number of halogens is 1.